The lowest BCUT2D eigenvalue weighted by Crippen LogP contribution is -2.13. The van der Waals surface area contributed by atoms with E-state index in [1.807, 2.05) is 0 Å². The third-order valence-corrected chi connectivity index (χ3v) is 2.58. The van der Waals surface area contributed by atoms with Crippen molar-refractivity contribution in [1.82, 2.24) is 0 Å². The van der Waals surface area contributed by atoms with E-state index < -0.39 is 22.4 Å². The third kappa shape index (κ3) is 3.53. The quantitative estimate of drug-likeness (QED) is 0.295. The number of hydrogen-bond donors (Lipinski definition) is 1. The van der Waals surface area contributed by atoms with Gasteiger partial charge in [-0.1, -0.05) is 12.1 Å². The Hall–Kier alpha value is -2.44. The molecule has 0 aliphatic carbocycles. The van der Waals surface area contributed by atoms with E-state index in [0.717, 1.165) is 6.07 Å². The fourth-order valence-electron chi connectivity index (χ4n) is 1.60. The van der Waals surface area contributed by atoms with Gasteiger partial charge < -0.3 is 9.84 Å². The van der Waals surface area contributed by atoms with Gasteiger partial charge in [0.25, 0.3) is 0 Å². The number of esters is 1. The molecule has 1 aromatic carbocycles. The number of carbonyl (C=O) groups excluding carboxylic acids is 1. The molecule has 0 fully saturated rings. The Bertz CT molecular complexity index is 564. The van der Waals surface area contributed by atoms with E-state index in [2.05, 4.69) is 0 Å². The second kappa shape index (κ2) is 6.65. The van der Waals surface area contributed by atoms with E-state index in [1.165, 1.54) is 19.1 Å². The van der Waals surface area contributed by atoms with Crippen molar-refractivity contribution in [1.29, 1.82) is 0 Å². The van der Waals surface area contributed by atoms with Crippen LogP contribution < -0.4 is 0 Å². The van der Waals surface area contributed by atoms with Gasteiger partial charge in [0.05, 0.1) is 22.9 Å². The Balaban J connectivity index is 3.14. The molecule has 0 bridgehead atoms. The van der Waals surface area contributed by atoms with E-state index >= 15 is 0 Å². The molecule has 108 valence electrons. The highest BCUT2D eigenvalue weighted by molar-refractivity contribution is 5.89. The summed E-state index contributed by atoms with van der Waals surface area (Å²) in [4.78, 5) is 21.4. The topological polar surface area (TPSA) is 89.7 Å². The number of aliphatic hydroxyl groups is 1. The van der Waals surface area contributed by atoms with E-state index in [-0.39, 0.29) is 29.9 Å². The second-order valence-corrected chi connectivity index (χ2v) is 3.97. The molecule has 7 heteroatoms. The molecular formula is C13H14FNO5. The summed E-state index contributed by atoms with van der Waals surface area (Å²) in [6.45, 7) is 2.96. The van der Waals surface area contributed by atoms with Crippen molar-refractivity contribution >= 4 is 11.7 Å². The molecule has 0 heterocycles. The van der Waals surface area contributed by atoms with E-state index in [1.54, 1.807) is 6.92 Å². The molecule has 0 atom stereocenters. The monoisotopic (exact) mass is 283 g/mol. The molecule has 1 N–H and O–H groups in total. The second-order valence-electron chi connectivity index (χ2n) is 3.97. The summed E-state index contributed by atoms with van der Waals surface area (Å²) in [5.74, 6) is -2.12. The maximum atomic E-state index is 13.9. The first-order valence-corrected chi connectivity index (χ1v) is 5.86. The average molecular weight is 283 g/mol. The van der Waals surface area contributed by atoms with Crippen LogP contribution >= 0.6 is 0 Å². The fraction of sp³-hybridized carbons (Fsp3) is 0.308. The lowest BCUT2D eigenvalue weighted by atomic mass is 10.0. The Morgan fingerprint density at radius 1 is 1.50 bits per heavy atom. The molecule has 1 aromatic rings. The number of carbonyl (C=O) groups is 1. The van der Waals surface area contributed by atoms with Crippen LogP contribution in [-0.4, -0.2) is 22.6 Å². The van der Waals surface area contributed by atoms with Gasteiger partial charge in [-0.25, -0.2) is 4.79 Å². The van der Waals surface area contributed by atoms with Gasteiger partial charge in [-0.05, 0) is 19.4 Å². The third-order valence-electron chi connectivity index (χ3n) is 2.58. The minimum atomic E-state index is -1.03. The minimum absolute atomic E-state index is 0.0596. The van der Waals surface area contributed by atoms with Crippen molar-refractivity contribution < 1.29 is 24.0 Å². The van der Waals surface area contributed by atoms with Gasteiger partial charge >= 0.3 is 11.7 Å². The SMILES string of the molecule is CCOC(=O)/C(Cc1cccc([N+](=O)[O-])c1F)=C(/C)O. The van der Waals surface area contributed by atoms with E-state index in [9.17, 15) is 24.4 Å². The van der Waals surface area contributed by atoms with E-state index in [4.69, 9.17) is 4.74 Å². The lowest BCUT2D eigenvalue weighted by Gasteiger charge is -2.09. The van der Waals surface area contributed by atoms with Crippen molar-refractivity contribution in [2.75, 3.05) is 6.61 Å². The average Bonchev–Trinajstić information content (AvgIpc) is 2.36. The summed E-state index contributed by atoms with van der Waals surface area (Å²) in [5.41, 5.74) is -0.872. The number of nitro benzene ring substituents is 1. The fourth-order valence-corrected chi connectivity index (χ4v) is 1.60. The molecule has 0 unspecified atom stereocenters. The number of aliphatic hydroxyl groups excluding tert-OH is 1. The zero-order valence-electron chi connectivity index (χ0n) is 11.1. The van der Waals surface area contributed by atoms with Crippen LogP contribution in [-0.2, 0) is 16.0 Å². The van der Waals surface area contributed by atoms with Gasteiger partial charge in [-0.15, -0.1) is 0 Å². The van der Waals surface area contributed by atoms with Gasteiger partial charge in [-0.2, -0.15) is 4.39 Å². The number of rotatable bonds is 5. The van der Waals surface area contributed by atoms with Crippen LogP contribution in [0.1, 0.15) is 19.4 Å². The molecule has 0 aliphatic heterocycles. The number of nitrogens with zero attached hydrogens (tertiary/aromatic N) is 1. The van der Waals surface area contributed by atoms with Gasteiger partial charge in [-0.3, -0.25) is 10.1 Å². The van der Waals surface area contributed by atoms with Crippen LogP contribution in [0.3, 0.4) is 0 Å². The highest BCUT2D eigenvalue weighted by Gasteiger charge is 2.21. The molecule has 0 radical (unpaired) electrons. The molecular weight excluding hydrogens is 269 g/mol. The molecule has 0 saturated heterocycles. The summed E-state index contributed by atoms with van der Waals surface area (Å²) in [5, 5.41) is 20.1. The Morgan fingerprint density at radius 2 is 2.15 bits per heavy atom. The van der Waals surface area contributed by atoms with Crippen LogP contribution in [0.4, 0.5) is 10.1 Å². The number of halogens is 1. The van der Waals surface area contributed by atoms with E-state index in [0.29, 0.717) is 0 Å². The number of ether oxygens (including phenoxy) is 1. The maximum absolute atomic E-state index is 13.9. The highest BCUT2D eigenvalue weighted by Crippen LogP contribution is 2.23. The number of hydrogen-bond acceptors (Lipinski definition) is 5. The normalized spacial score (nSPS) is 11.8. The van der Waals surface area contributed by atoms with Crippen molar-refractivity contribution in [3.8, 4) is 0 Å². The van der Waals surface area contributed by atoms with Crippen LogP contribution in [0.5, 0.6) is 0 Å². The summed E-state index contributed by atoms with van der Waals surface area (Å²) in [6, 6.07) is 3.65. The van der Waals surface area contributed by atoms with Gasteiger partial charge in [0.2, 0.25) is 5.82 Å². The largest absolute Gasteiger partial charge is 0.512 e. The summed E-state index contributed by atoms with van der Waals surface area (Å²) < 4.78 is 18.6. The molecule has 0 amide bonds. The summed E-state index contributed by atoms with van der Waals surface area (Å²) in [7, 11) is 0. The van der Waals surface area contributed by atoms with Crippen molar-refractivity contribution in [3.63, 3.8) is 0 Å². The van der Waals surface area contributed by atoms with Crippen LogP contribution in [0.25, 0.3) is 0 Å². The van der Waals surface area contributed by atoms with Crippen LogP contribution in [0, 0.1) is 15.9 Å². The molecule has 0 aliphatic rings. The molecule has 0 aromatic heterocycles. The molecule has 1 rings (SSSR count). The zero-order valence-corrected chi connectivity index (χ0v) is 11.1. The summed E-state index contributed by atoms with van der Waals surface area (Å²) >= 11 is 0. The number of nitro groups is 1. The van der Waals surface area contributed by atoms with Crippen molar-refractivity contribution in [2.45, 2.75) is 20.3 Å². The molecule has 0 spiro atoms. The smallest absolute Gasteiger partial charge is 0.337 e. The first-order chi connectivity index (χ1) is 9.38. The lowest BCUT2D eigenvalue weighted by molar-refractivity contribution is -0.387. The van der Waals surface area contributed by atoms with Gasteiger partial charge in [0, 0.05) is 12.5 Å². The maximum Gasteiger partial charge on any atom is 0.337 e. The number of benzene rings is 1. The van der Waals surface area contributed by atoms with Crippen molar-refractivity contribution in [3.05, 3.63) is 51.0 Å². The minimum Gasteiger partial charge on any atom is -0.512 e. The first kappa shape index (κ1) is 15.6. The first-order valence-electron chi connectivity index (χ1n) is 5.86. The van der Waals surface area contributed by atoms with Crippen LogP contribution in [0.2, 0.25) is 0 Å². The van der Waals surface area contributed by atoms with Crippen molar-refractivity contribution in [2.24, 2.45) is 0 Å². The highest BCUT2D eigenvalue weighted by atomic mass is 19.1. The predicted molar refractivity (Wildman–Crippen MR) is 68.7 cm³/mol. The van der Waals surface area contributed by atoms with Gasteiger partial charge in [0.15, 0.2) is 0 Å². The summed E-state index contributed by atoms with van der Waals surface area (Å²) in [6.07, 6.45) is -0.283. The Kier molecular flexibility index (Phi) is 5.19. The Morgan fingerprint density at radius 3 is 2.65 bits per heavy atom. The van der Waals surface area contributed by atoms with Gasteiger partial charge in [0.1, 0.15) is 0 Å². The Labute approximate surface area is 114 Å². The standard InChI is InChI=1S/C13H14FNO5/c1-3-20-13(17)10(8(2)16)7-9-5-4-6-11(12(9)14)15(18)19/h4-6,16H,3,7H2,1-2H3/b10-8-. The molecule has 6 nitrogen and oxygen atoms in total. The van der Waals surface area contributed by atoms with Crippen LogP contribution in [0.15, 0.2) is 29.5 Å². The predicted octanol–water partition coefficient (Wildman–Crippen LogP) is 2.67. The molecule has 0 saturated carbocycles. The zero-order chi connectivity index (χ0) is 15.3. The molecule has 20 heavy (non-hydrogen) atoms. The number of allylic oxidation sites excluding steroid dienone is 1.